The van der Waals surface area contributed by atoms with Crippen molar-refractivity contribution in [2.75, 3.05) is 5.32 Å². The molecule has 0 aliphatic heterocycles. The Labute approximate surface area is 84.0 Å². The summed E-state index contributed by atoms with van der Waals surface area (Å²) >= 11 is 0. The molecular formula is C11H15N3. The van der Waals surface area contributed by atoms with Crippen molar-refractivity contribution in [3.63, 3.8) is 0 Å². The van der Waals surface area contributed by atoms with E-state index in [-0.39, 0.29) is 0 Å². The zero-order valence-corrected chi connectivity index (χ0v) is 8.40. The van der Waals surface area contributed by atoms with Crippen molar-refractivity contribution in [2.45, 2.75) is 38.1 Å². The second kappa shape index (κ2) is 2.94. The summed E-state index contributed by atoms with van der Waals surface area (Å²) in [6, 6.07) is 2.62. The van der Waals surface area contributed by atoms with Crippen LogP contribution in [-0.4, -0.2) is 16.0 Å². The second-order valence-electron chi connectivity index (χ2n) is 4.54. The van der Waals surface area contributed by atoms with Crippen molar-refractivity contribution in [2.24, 2.45) is 5.92 Å². The monoisotopic (exact) mass is 189 g/mol. The topological polar surface area (TPSA) is 37.8 Å². The molecule has 0 amide bonds. The predicted molar refractivity (Wildman–Crippen MR) is 55.2 cm³/mol. The van der Waals surface area contributed by atoms with Crippen molar-refractivity contribution in [1.82, 2.24) is 9.97 Å². The molecule has 3 heteroatoms. The number of aromatic nitrogens is 2. The molecule has 2 saturated carbocycles. The molecule has 3 rings (SSSR count). The van der Waals surface area contributed by atoms with Crippen LogP contribution in [0.4, 0.5) is 5.82 Å². The first-order valence-corrected chi connectivity index (χ1v) is 5.42. The Balaban J connectivity index is 1.73. The van der Waals surface area contributed by atoms with Gasteiger partial charge in [0.1, 0.15) is 11.6 Å². The Hall–Kier alpha value is -1.12. The standard InChI is InChI=1S/C11H15N3/c1-7-6-9(7)13-10-4-5-12-11(14-10)8-2-3-8/h4-5,7-9H,2-3,6H2,1H3,(H,12,13,14)/t7-,9-/m1/s1. The maximum atomic E-state index is 4.53. The maximum Gasteiger partial charge on any atom is 0.133 e. The molecular weight excluding hydrogens is 174 g/mol. The third-order valence-corrected chi connectivity index (χ3v) is 3.06. The van der Waals surface area contributed by atoms with E-state index in [1.807, 2.05) is 12.3 Å². The third kappa shape index (κ3) is 1.59. The average molecular weight is 189 g/mol. The Morgan fingerprint density at radius 2 is 2.21 bits per heavy atom. The van der Waals surface area contributed by atoms with Gasteiger partial charge in [0, 0.05) is 18.2 Å². The number of hydrogen-bond donors (Lipinski definition) is 1. The van der Waals surface area contributed by atoms with Gasteiger partial charge in [0.25, 0.3) is 0 Å². The van der Waals surface area contributed by atoms with E-state index < -0.39 is 0 Å². The minimum atomic E-state index is 0.647. The Morgan fingerprint density at radius 3 is 2.86 bits per heavy atom. The van der Waals surface area contributed by atoms with Gasteiger partial charge >= 0.3 is 0 Å². The van der Waals surface area contributed by atoms with Gasteiger partial charge in [-0.3, -0.25) is 0 Å². The minimum absolute atomic E-state index is 0.647. The van der Waals surface area contributed by atoms with Gasteiger partial charge in [-0.2, -0.15) is 0 Å². The van der Waals surface area contributed by atoms with Gasteiger partial charge in [-0.25, -0.2) is 9.97 Å². The smallest absolute Gasteiger partial charge is 0.133 e. The Bertz CT molecular complexity index is 346. The molecule has 0 aromatic carbocycles. The first-order valence-electron chi connectivity index (χ1n) is 5.42. The molecule has 74 valence electrons. The van der Waals surface area contributed by atoms with Gasteiger partial charge in [0.05, 0.1) is 0 Å². The molecule has 3 nitrogen and oxygen atoms in total. The van der Waals surface area contributed by atoms with Crippen LogP contribution >= 0.6 is 0 Å². The fraction of sp³-hybridized carbons (Fsp3) is 0.636. The highest BCUT2D eigenvalue weighted by molar-refractivity contribution is 5.37. The zero-order chi connectivity index (χ0) is 9.54. The molecule has 0 unspecified atom stereocenters. The molecule has 0 spiro atoms. The molecule has 1 heterocycles. The van der Waals surface area contributed by atoms with E-state index in [9.17, 15) is 0 Å². The Morgan fingerprint density at radius 1 is 1.43 bits per heavy atom. The molecule has 14 heavy (non-hydrogen) atoms. The predicted octanol–water partition coefficient (Wildman–Crippen LogP) is 2.17. The molecule has 0 radical (unpaired) electrons. The van der Waals surface area contributed by atoms with E-state index in [2.05, 4.69) is 22.2 Å². The van der Waals surface area contributed by atoms with Crippen molar-refractivity contribution in [1.29, 1.82) is 0 Å². The van der Waals surface area contributed by atoms with Gasteiger partial charge in [-0.15, -0.1) is 0 Å². The van der Waals surface area contributed by atoms with E-state index >= 15 is 0 Å². The second-order valence-corrected chi connectivity index (χ2v) is 4.54. The summed E-state index contributed by atoms with van der Waals surface area (Å²) < 4.78 is 0. The molecule has 2 atom stereocenters. The number of nitrogens with one attached hydrogen (secondary N) is 1. The lowest BCUT2D eigenvalue weighted by atomic mass is 10.4. The maximum absolute atomic E-state index is 4.53. The minimum Gasteiger partial charge on any atom is -0.367 e. The van der Waals surface area contributed by atoms with Crippen LogP contribution in [0.3, 0.4) is 0 Å². The highest BCUT2D eigenvalue weighted by atomic mass is 15.1. The van der Waals surface area contributed by atoms with Crippen molar-refractivity contribution in [3.05, 3.63) is 18.1 Å². The fourth-order valence-electron chi connectivity index (χ4n) is 1.71. The lowest BCUT2D eigenvalue weighted by molar-refractivity contribution is 0.895. The summed E-state index contributed by atoms with van der Waals surface area (Å²) in [6.07, 6.45) is 5.69. The molecule has 2 fully saturated rings. The highest BCUT2D eigenvalue weighted by Crippen LogP contribution is 2.38. The largest absolute Gasteiger partial charge is 0.367 e. The lowest BCUT2D eigenvalue weighted by Gasteiger charge is -2.04. The summed E-state index contributed by atoms with van der Waals surface area (Å²) in [6.45, 7) is 2.26. The van der Waals surface area contributed by atoms with E-state index in [1.165, 1.54) is 19.3 Å². The van der Waals surface area contributed by atoms with Gasteiger partial charge in [-0.05, 0) is 31.2 Å². The number of nitrogens with zero attached hydrogens (tertiary/aromatic N) is 2. The number of rotatable bonds is 3. The number of hydrogen-bond acceptors (Lipinski definition) is 3. The molecule has 1 N–H and O–H groups in total. The molecule has 0 bridgehead atoms. The molecule has 1 aromatic rings. The fourth-order valence-corrected chi connectivity index (χ4v) is 1.71. The summed E-state index contributed by atoms with van der Waals surface area (Å²) in [7, 11) is 0. The van der Waals surface area contributed by atoms with Crippen LogP contribution in [0.2, 0.25) is 0 Å². The van der Waals surface area contributed by atoms with Crippen LogP contribution in [0.15, 0.2) is 12.3 Å². The van der Waals surface area contributed by atoms with E-state index in [4.69, 9.17) is 0 Å². The van der Waals surface area contributed by atoms with Gasteiger partial charge in [0.2, 0.25) is 0 Å². The zero-order valence-electron chi connectivity index (χ0n) is 8.40. The summed E-state index contributed by atoms with van der Waals surface area (Å²) in [4.78, 5) is 8.82. The molecule has 2 aliphatic rings. The van der Waals surface area contributed by atoms with Crippen molar-refractivity contribution >= 4 is 5.82 Å². The lowest BCUT2D eigenvalue weighted by Crippen LogP contribution is -2.06. The van der Waals surface area contributed by atoms with Gasteiger partial charge < -0.3 is 5.32 Å². The van der Waals surface area contributed by atoms with Crippen LogP contribution in [0.5, 0.6) is 0 Å². The highest BCUT2D eigenvalue weighted by Gasteiger charge is 2.33. The Kier molecular flexibility index (Phi) is 1.72. The van der Waals surface area contributed by atoms with Gasteiger partial charge in [0.15, 0.2) is 0 Å². The van der Waals surface area contributed by atoms with Gasteiger partial charge in [-0.1, -0.05) is 6.92 Å². The van der Waals surface area contributed by atoms with Crippen LogP contribution in [0.1, 0.15) is 37.9 Å². The van der Waals surface area contributed by atoms with E-state index in [0.29, 0.717) is 12.0 Å². The summed E-state index contributed by atoms with van der Waals surface area (Å²) in [5, 5.41) is 3.44. The van der Waals surface area contributed by atoms with Crippen LogP contribution in [-0.2, 0) is 0 Å². The van der Waals surface area contributed by atoms with Crippen molar-refractivity contribution in [3.8, 4) is 0 Å². The van der Waals surface area contributed by atoms with E-state index in [1.54, 1.807) is 0 Å². The first-order chi connectivity index (χ1) is 6.83. The third-order valence-electron chi connectivity index (χ3n) is 3.06. The average Bonchev–Trinajstić information content (AvgIpc) is 3.04. The van der Waals surface area contributed by atoms with Crippen molar-refractivity contribution < 1.29 is 0 Å². The number of anilines is 1. The molecule has 0 saturated heterocycles. The van der Waals surface area contributed by atoms with Crippen LogP contribution < -0.4 is 5.32 Å². The van der Waals surface area contributed by atoms with E-state index in [0.717, 1.165) is 17.6 Å². The normalized spacial score (nSPS) is 30.1. The molecule has 1 aromatic heterocycles. The van der Waals surface area contributed by atoms with Crippen LogP contribution in [0.25, 0.3) is 0 Å². The summed E-state index contributed by atoms with van der Waals surface area (Å²) in [5.74, 6) is 3.50. The van der Waals surface area contributed by atoms with Crippen LogP contribution in [0, 0.1) is 5.92 Å². The quantitative estimate of drug-likeness (QED) is 0.792. The first kappa shape index (κ1) is 8.21. The molecule has 2 aliphatic carbocycles. The SMILES string of the molecule is C[C@@H]1C[C@H]1Nc1ccnc(C2CC2)n1. The summed E-state index contributed by atoms with van der Waals surface area (Å²) in [5.41, 5.74) is 0.